The first-order valence-corrected chi connectivity index (χ1v) is 8.05. The van der Waals surface area contributed by atoms with E-state index in [0.717, 1.165) is 38.7 Å². The molecule has 0 bridgehead atoms. The molecule has 1 fully saturated rings. The predicted octanol–water partition coefficient (Wildman–Crippen LogP) is 2.55. The Kier molecular flexibility index (Phi) is 10.4. The van der Waals surface area contributed by atoms with E-state index in [9.17, 15) is 5.26 Å². The molecule has 0 aliphatic carbocycles. The van der Waals surface area contributed by atoms with Crippen molar-refractivity contribution in [3.8, 4) is 6.07 Å². The van der Waals surface area contributed by atoms with Crippen LogP contribution >= 0.6 is 0 Å². The fourth-order valence-corrected chi connectivity index (χ4v) is 2.24. The van der Waals surface area contributed by atoms with Gasteiger partial charge in [-0.25, -0.2) is 0 Å². The van der Waals surface area contributed by atoms with E-state index >= 15 is 0 Å². The van der Waals surface area contributed by atoms with Crippen molar-refractivity contribution < 1.29 is 18.9 Å². The van der Waals surface area contributed by atoms with Crippen molar-refractivity contribution in [1.82, 2.24) is 0 Å². The average Bonchev–Trinajstić information content (AvgIpc) is 2.53. The molecule has 0 amide bonds. The molecule has 5 heteroatoms. The van der Waals surface area contributed by atoms with E-state index in [0.29, 0.717) is 46.2 Å². The standard InChI is InChI=1S/C16H29NO4/c1-2-3-7-18-11-13-21-14-12-20-10-6-16(15-17)4-8-19-9-5-16/h2-14H2,1H3. The Hall–Kier alpha value is -0.670. The molecule has 1 heterocycles. The van der Waals surface area contributed by atoms with Crippen molar-refractivity contribution in [1.29, 1.82) is 5.26 Å². The second-order valence-electron chi connectivity index (χ2n) is 5.45. The molecule has 1 aliphatic heterocycles. The Morgan fingerprint density at radius 3 is 2.10 bits per heavy atom. The number of ether oxygens (including phenoxy) is 4. The monoisotopic (exact) mass is 299 g/mol. The molecule has 0 saturated carbocycles. The minimum absolute atomic E-state index is 0.244. The van der Waals surface area contributed by atoms with E-state index < -0.39 is 0 Å². The Bertz CT molecular complexity index is 284. The van der Waals surface area contributed by atoms with Crippen molar-refractivity contribution in [2.24, 2.45) is 5.41 Å². The lowest BCUT2D eigenvalue weighted by molar-refractivity contribution is -0.00302. The first-order valence-electron chi connectivity index (χ1n) is 8.05. The highest BCUT2D eigenvalue weighted by molar-refractivity contribution is 4.99. The van der Waals surface area contributed by atoms with Crippen LogP contribution in [-0.4, -0.2) is 52.9 Å². The number of nitrogens with zero attached hydrogens (tertiary/aromatic N) is 1. The van der Waals surface area contributed by atoms with Crippen molar-refractivity contribution >= 4 is 0 Å². The van der Waals surface area contributed by atoms with Crippen LogP contribution in [-0.2, 0) is 18.9 Å². The van der Waals surface area contributed by atoms with Gasteiger partial charge >= 0.3 is 0 Å². The summed E-state index contributed by atoms with van der Waals surface area (Å²) in [5.41, 5.74) is -0.244. The molecule has 0 spiro atoms. The lowest BCUT2D eigenvalue weighted by Gasteiger charge is -2.30. The van der Waals surface area contributed by atoms with Gasteiger partial charge in [-0.15, -0.1) is 0 Å². The maximum absolute atomic E-state index is 9.30. The Morgan fingerprint density at radius 2 is 1.52 bits per heavy atom. The second kappa shape index (κ2) is 11.9. The van der Waals surface area contributed by atoms with Crippen LogP contribution in [0.3, 0.4) is 0 Å². The summed E-state index contributed by atoms with van der Waals surface area (Å²) in [7, 11) is 0. The van der Waals surface area contributed by atoms with Gasteiger partial charge in [0.1, 0.15) is 0 Å². The summed E-state index contributed by atoms with van der Waals surface area (Å²) in [4.78, 5) is 0. The van der Waals surface area contributed by atoms with Gasteiger partial charge in [-0.2, -0.15) is 5.26 Å². The van der Waals surface area contributed by atoms with Gasteiger partial charge in [0.25, 0.3) is 0 Å². The van der Waals surface area contributed by atoms with Crippen LogP contribution in [0.4, 0.5) is 0 Å². The van der Waals surface area contributed by atoms with Gasteiger partial charge < -0.3 is 18.9 Å². The van der Waals surface area contributed by atoms with Gasteiger partial charge in [0.2, 0.25) is 0 Å². The maximum Gasteiger partial charge on any atom is 0.0701 e. The Labute approximate surface area is 128 Å². The van der Waals surface area contributed by atoms with Crippen molar-refractivity contribution in [3.63, 3.8) is 0 Å². The fourth-order valence-electron chi connectivity index (χ4n) is 2.24. The summed E-state index contributed by atoms with van der Waals surface area (Å²) >= 11 is 0. The molecule has 1 rings (SSSR count). The van der Waals surface area contributed by atoms with E-state index in [1.54, 1.807) is 0 Å². The molecule has 5 nitrogen and oxygen atoms in total. The molecule has 0 N–H and O–H groups in total. The molecule has 0 aromatic heterocycles. The third-order valence-corrected chi connectivity index (χ3v) is 3.80. The highest BCUT2D eigenvalue weighted by Crippen LogP contribution is 2.33. The van der Waals surface area contributed by atoms with Crippen molar-refractivity contribution in [2.45, 2.75) is 39.0 Å². The zero-order valence-electron chi connectivity index (χ0n) is 13.3. The van der Waals surface area contributed by atoms with Gasteiger partial charge in [0.05, 0.1) is 37.9 Å². The van der Waals surface area contributed by atoms with Crippen molar-refractivity contribution in [3.05, 3.63) is 0 Å². The van der Waals surface area contributed by atoms with E-state index in [2.05, 4.69) is 13.0 Å². The van der Waals surface area contributed by atoms with E-state index in [1.165, 1.54) is 0 Å². The summed E-state index contributed by atoms with van der Waals surface area (Å²) < 4.78 is 21.7. The molecule has 0 radical (unpaired) electrons. The summed E-state index contributed by atoms with van der Waals surface area (Å²) in [6.07, 6.45) is 4.68. The first-order chi connectivity index (χ1) is 10.3. The minimum atomic E-state index is -0.244. The molecular weight excluding hydrogens is 270 g/mol. The van der Waals surface area contributed by atoms with Gasteiger partial charge in [-0.05, 0) is 25.7 Å². The molecule has 1 aliphatic rings. The summed E-state index contributed by atoms with van der Waals surface area (Å²) in [6, 6.07) is 2.45. The Morgan fingerprint density at radius 1 is 0.952 bits per heavy atom. The first kappa shape index (κ1) is 18.4. The van der Waals surface area contributed by atoms with E-state index in [-0.39, 0.29) is 5.41 Å². The highest BCUT2D eigenvalue weighted by atomic mass is 16.5. The normalized spacial score (nSPS) is 17.5. The third-order valence-electron chi connectivity index (χ3n) is 3.80. The zero-order chi connectivity index (χ0) is 15.2. The molecule has 0 aromatic carbocycles. The molecule has 122 valence electrons. The largest absolute Gasteiger partial charge is 0.381 e. The highest BCUT2D eigenvalue weighted by Gasteiger charge is 2.32. The van der Waals surface area contributed by atoms with Crippen LogP contribution in [0.5, 0.6) is 0 Å². The molecule has 0 atom stereocenters. The van der Waals surface area contributed by atoms with Crippen LogP contribution in [0.15, 0.2) is 0 Å². The van der Waals surface area contributed by atoms with Gasteiger partial charge in [0, 0.05) is 26.4 Å². The van der Waals surface area contributed by atoms with Crippen LogP contribution in [0.25, 0.3) is 0 Å². The summed E-state index contributed by atoms with van der Waals surface area (Å²) in [6.45, 7) is 7.38. The van der Waals surface area contributed by atoms with Crippen molar-refractivity contribution in [2.75, 3.05) is 52.9 Å². The molecule has 1 saturated heterocycles. The molecule has 0 aromatic rings. The number of nitriles is 1. The molecule has 21 heavy (non-hydrogen) atoms. The van der Waals surface area contributed by atoms with Gasteiger partial charge in [-0.3, -0.25) is 0 Å². The topological polar surface area (TPSA) is 60.7 Å². The number of unbranched alkanes of at least 4 members (excludes halogenated alkanes) is 1. The SMILES string of the molecule is CCCCOCCOCCOCCC1(C#N)CCOCC1. The Balaban J connectivity index is 1.89. The van der Waals surface area contributed by atoms with Crippen LogP contribution in [0, 0.1) is 16.7 Å². The fraction of sp³-hybridized carbons (Fsp3) is 0.938. The smallest absolute Gasteiger partial charge is 0.0701 e. The van der Waals surface area contributed by atoms with Gasteiger partial charge in [0.15, 0.2) is 0 Å². The van der Waals surface area contributed by atoms with E-state index in [4.69, 9.17) is 18.9 Å². The quantitative estimate of drug-likeness (QED) is 0.518. The number of rotatable bonds is 12. The zero-order valence-corrected chi connectivity index (χ0v) is 13.3. The van der Waals surface area contributed by atoms with Gasteiger partial charge in [-0.1, -0.05) is 13.3 Å². The lowest BCUT2D eigenvalue weighted by atomic mass is 9.79. The van der Waals surface area contributed by atoms with E-state index in [1.807, 2.05) is 0 Å². The van der Waals surface area contributed by atoms with Crippen LogP contribution < -0.4 is 0 Å². The lowest BCUT2D eigenvalue weighted by Crippen LogP contribution is -2.29. The predicted molar refractivity (Wildman–Crippen MR) is 80.1 cm³/mol. The maximum atomic E-state index is 9.30. The number of hydrogen-bond acceptors (Lipinski definition) is 5. The average molecular weight is 299 g/mol. The second-order valence-corrected chi connectivity index (χ2v) is 5.45. The van der Waals surface area contributed by atoms with Crippen LogP contribution in [0.2, 0.25) is 0 Å². The summed E-state index contributed by atoms with van der Waals surface area (Å²) in [5, 5.41) is 9.30. The number of hydrogen-bond donors (Lipinski definition) is 0. The summed E-state index contributed by atoms with van der Waals surface area (Å²) in [5.74, 6) is 0. The third kappa shape index (κ3) is 8.37. The molecular formula is C16H29NO4. The minimum Gasteiger partial charge on any atom is -0.381 e. The molecule has 0 unspecified atom stereocenters. The van der Waals surface area contributed by atoms with Crippen LogP contribution in [0.1, 0.15) is 39.0 Å².